The number of amides is 1. The quantitative estimate of drug-likeness (QED) is 0.760. The van der Waals surface area contributed by atoms with Gasteiger partial charge in [0.2, 0.25) is 5.91 Å². The number of hydrogen-bond donors (Lipinski definition) is 2. The van der Waals surface area contributed by atoms with E-state index in [-0.39, 0.29) is 5.91 Å². The lowest BCUT2D eigenvalue weighted by Gasteiger charge is -2.18. The molecule has 0 saturated carbocycles. The Morgan fingerprint density at radius 1 is 1.45 bits per heavy atom. The Labute approximate surface area is 126 Å². The van der Waals surface area contributed by atoms with Gasteiger partial charge in [-0.25, -0.2) is 0 Å². The van der Waals surface area contributed by atoms with Crippen LogP contribution in [0, 0.1) is 5.92 Å². The Morgan fingerprint density at radius 3 is 2.75 bits per heavy atom. The minimum Gasteiger partial charge on any atom is -0.397 e. The molecule has 0 atom stereocenters. The van der Waals surface area contributed by atoms with Gasteiger partial charge in [-0.15, -0.1) is 0 Å². The third-order valence-electron chi connectivity index (χ3n) is 2.90. The zero-order valence-electron chi connectivity index (χ0n) is 12.4. The standard InChI is InChI=1S/C15H24ClN3O/c1-11(2)10-19(3)8-4-5-15(20)18-12-6-7-13(16)14(17)9-12/h6-7,9,11H,4-5,8,10,17H2,1-3H3,(H,18,20). The fourth-order valence-corrected chi connectivity index (χ4v) is 2.19. The van der Waals surface area contributed by atoms with Crippen molar-refractivity contribution in [1.29, 1.82) is 0 Å². The second-order valence-electron chi connectivity index (χ2n) is 5.54. The highest BCUT2D eigenvalue weighted by Crippen LogP contribution is 2.22. The van der Waals surface area contributed by atoms with E-state index in [1.807, 2.05) is 0 Å². The third-order valence-corrected chi connectivity index (χ3v) is 3.24. The van der Waals surface area contributed by atoms with E-state index < -0.39 is 0 Å². The van der Waals surface area contributed by atoms with Crippen LogP contribution >= 0.6 is 11.6 Å². The van der Waals surface area contributed by atoms with Gasteiger partial charge in [-0.3, -0.25) is 4.79 Å². The van der Waals surface area contributed by atoms with E-state index in [9.17, 15) is 4.79 Å². The van der Waals surface area contributed by atoms with Crippen molar-refractivity contribution in [2.75, 3.05) is 31.2 Å². The highest BCUT2D eigenvalue weighted by molar-refractivity contribution is 6.33. The summed E-state index contributed by atoms with van der Waals surface area (Å²) >= 11 is 5.83. The average Bonchev–Trinajstić information content (AvgIpc) is 2.33. The van der Waals surface area contributed by atoms with Gasteiger partial charge in [0.1, 0.15) is 0 Å². The van der Waals surface area contributed by atoms with Crippen LogP contribution in [0.15, 0.2) is 18.2 Å². The summed E-state index contributed by atoms with van der Waals surface area (Å²) in [6.07, 6.45) is 1.35. The lowest BCUT2D eigenvalue weighted by atomic mass is 10.2. The molecule has 112 valence electrons. The van der Waals surface area contributed by atoms with Crippen LogP contribution in [0.5, 0.6) is 0 Å². The first kappa shape index (κ1) is 16.8. The number of hydrogen-bond acceptors (Lipinski definition) is 3. The van der Waals surface area contributed by atoms with Crippen LogP contribution in [0.2, 0.25) is 5.02 Å². The van der Waals surface area contributed by atoms with E-state index in [2.05, 4.69) is 31.1 Å². The maximum atomic E-state index is 11.8. The first-order chi connectivity index (χ1) is 9.38. The molecular formula is C15H24ClN3O. The second-order valence-corrected chi connectivity index (χ2v) is 5.95. The second kappa shape index (κ2) is 8.12. The summed E-state index contributed by atoms with van der Waals surface area (Å²) in [5, 5.41) is 3.33. The normalized spacial score (nSPS) is 11.1. The van der Waals surface area contributed by atoms with Gasteiger partial charge >= 0.3 is 0 Å². The first-order valence-electron chi connectivity index (χ1n) is 6.92. The molecule has 20 heavy (non-hydrogen) atoms. The number of carbonyl (C=O) groups excluding carboxylic acids is 1. The predicted molar refractivity (Wildman–Crippen MR) is 86.1 cm³/mol. The monoisotopic (exact) mass is 297 g/mol. The Morgan fingerprint density at radius 2 is 2.15 bits per heavy atom. The molecule has 1 amide bonds. The molecule has 0 heterocycles. The number of benzene rings is 1. The molecule has 1 aromatic rings. The Hall–Kier alpha value is -1.26. The molecule has 0 aliphatic carbocycles. The predicted octanol–water partition coefficient (Wildman–Crippen LogP) is 3.23. The number of rotatable bonds is 7. The highest BCUT2D eigenvalue weighted by atomic mass is 35.5. The van der Waals surface area contributed by atoms with Gasteiger partial charge < -0.3 is 16.0 Å². The molecule has 0 radical (unpaired) electrons. The van der Waals surface area contributed by atoms with Crippen molar-refractivity contribution in [2.45, 2.75) is 26.7 Å². The third kappa shape index (κ3) is 6.26. The van der Waals surface area contributed by atoms with Crippen molar-refractivity contribution in [1.82, 2.24) is 4.90 Å². The largest absolute Gasteiger partial charge is 0.397 e. The van der Waals surface area contributed by atoms with E-state index in [1.165, 1.54) is 0 Å². The number of nitrogens with zero attached hydrogens (tertiary/aromatic N) is 1. The maximum absolute atomic E-state index is 11.8. The fourth-order valence-electron chi connectivity index (χ4n) is 2.07. The van der Waals surface area contributed by atoms with E-state index in [4.69, 9.17) is 17.3 Å². The number of carbonyl (C=O) groups is 1. The summed E-state index contributed by atoms with van der Waals surface area (Å²) in [6, 6.07) is 5.11. The number of nitrogens with two attached hydrogens (primary N) is 1. The van der Waals surface area contributed by atoms with Gasteiger partial charge in [0.15, 0.2) is 0 Å². The Balaban J connectivity index is 2.31. The molecule has 3 N–H and O–H groups in total. The topological polar surface area (TPSA) is 58.4 Å². The van der Waals surface area contributed by atoms with E-state index in [0.29, 0.717) is 28.7 Å². The number of halogens is 1. The summed E-state index contributed by atoms with van der Waals surface area (Å²) < 4.78 is 0. The molecular weight excluding hydrogens is 274 g/mol. The van der Waals surface area contributed by atoms with Crippen LogP contribution < -0.4 is 11.1 Å². The van der Waals surface area contributed by atoms with E-state index >= 15 is 0 Å². The van der Waals surface area contributed by atoms with E-state index in [1.54, 1.807) is 18.2 Å². The van der Waals surface area contributed by atoms with Crippen LogP contribution in [0.3, 0.4) is 0 Å². The number of nitrogens with one attached hydrogen (secondary N) is 1. The van der Waals surface area contributed by atoms with Crippen LogP contribution in [0.25, 0.3) is 0 Å². The molecule has 1 rings (SSSR count). The van der Waals surface area contributed by atoms with Gasteiger partial charge in [0, 0.05) is 18.7 Å². The molecule has 1 aromatic carbocycles. The van der Waals surface area contributed by atoms with Crippen molar-refractivity contribution < 1.29 is 4.79 Å². The summed E-state index contributed by atoms with van der Waals surface area (Å²) in [4.78, 5) is 14.1. The number of nitrogen functional groups attached to an aromatic ring is 1. The summed E-state index contributed by atoms with van der Waals surface area (Å²) in [5.41, 5.74) is 6.85. The van der Waals surface area contributed by atoms with Gasteiger partial charge in [0.05, 0.1) is 10.7 Å². The fraction of sp³-hybridized carbons (Fsp3) is 0.533. The SMILES string of the molecule is CC(C)CN(C)CCCC(=O)Nc1ccc(Cl)c(N)c1. The Bertz CT molecular complexity index is 449. The van der Waals surface area contributed by atoms with Crippen LogP contribution in [0.1, 0.15) is 26.7 Å². The molecule has 0 saturated heterocycles. The lowest BCUT2D eigenvalue weighted by Crippen LogP contribution is -2.25. The van der Waals surface area contributed by atoms with Crippen LogP contribution in [-0.2, 0) is 4.79 Å². The van der Waals surface area contributed by atoms with Gasteiger partial charge in [-0.05, 0) is 44.1 Å². The minimum absolute atomic E-state index is 0.00432. The summed E-state index contributed by atoms with van der Waals surface area (Å²) in [6.45, 7) is 6.35. The first-order valence-corrected chi connectivity index (χ1v) is 7.29. The molecule has 0 bridgehead atoms. The van der Waals surface area contributed by atoms with Crippen molar-refractivity contribution in [2.24, 2.45) is 5.92 Å². The molecule has 5 heteroatoms. The molecule has 0 fully saturated rings. The number of anilines is 2. The van der Waals surface area contributed by atoms with E-state index in [0.717, 1.165) is 19.5 Å². The zero-order valence-corrected chi connectivity index (χ0v) is 13.2. The van der Waals surface area contributed by atoms with Crippen molar-refractivity contribution in [3.8, 4) is 0 Å². The molecule has 0 aliphatic heterocycles. The maximum Gasteiger partial charge on any atom is 0.224 e. The zero-order chi connectivity index (χ0) is 15.1. The Kier molecular flexibility index (Phi) is 6.82. The molecule has 4 nitrogen and oxygen atoms in total. The van der Waals surface area contributed by atoms with Gasteiger partial charge in [-0.2, -0.15) is 0 Å². The van der Waals surface area contributed by atoms with Crippen molar-refractivity contribution in [3.63, 3.8) is 0 Å². The minimum atomic E-state index is 0.00432. The molecule has 0 aromatic heterocycles. The van der Waals surface area contributed by atoms with Gasteiger partial charge in [0.25, 0.3) is 0 Å². The van der Waals surface area contributed by atoms with Crippen LogP contribution in [0.4, 0.5) is 11.4 Å². The summed E-state index contributed by atoms with van der Waals surface area (Å²) in [5.74, 6) is 0.649. The van der Waals surface area contributed by atoms with Crippen LogP contribution in [-0.4, -0.2) is 30.9 Å². The highest BCUT2D eigenvalue weighted by Gasteiger charge is 2.06. The summed E-state index contributed by atoms with van der Waals surface area (Å²) in [7, 11) is 2.08. The smallest absolute Gasteiger partial charge is 0.224 e. The van der Waals surface area contributed by atoms with Gasteiger partial charge in [-0.1, -0.05) is 25.4 Å². The lowest BCUT2D eigenvalue weighted by molar-refractivity contribution is -0.116. The molecule has 0 unspecified atom stereocenters. The molecule has 0 spiro atoms. The van der Waals surface area contributed by atoms with Crippen molar-refractivity contribution >= 4 is 28.9 Å². The molecule has 0 aliphatic rings. The average molecular weight is 298 g/mol. The van der Waals surface area contributed by atoms with Crippen molar-refractivity contribution in [3.05, 3.63) is 23.2 Å².